The van der Waals surface area contributed by atoms with Gasteiger partial charge in [0.25, 0.3) is 5.91 Å². The molecule has 1 N–H and O–H groups in total. The number of rotatable bonds is 4. The molecule has 5 heteroatoms. The van der Waals surface area contributed by atoms with Crippen molar-refractivity contribution in [2.24, 2.45) is 0 Å². The number of benzene rings is 2. The van der Waals surface area contributed by atoms with Crippen molar-refractivity contribution in [1.29, 1.82) is 0 Å². The van der Waals surface area contributed by atoms with Crippen molar-refractivity contribution in [3.8, 4) is 16.9 Å². The molecule has 3 rings (SSSR count). The smallest absolute Gasteiger partial charge is 0.339 e. The van der Waals surface area contributed by atoms with Crippen LogP contribution in [0.5, 0.6) is 5.75 Å². The van der Waals surface area contributed by atoms with Crippen LogP contribution >= 0.6 is 0 Å². The molecule has 0 unspecified atom stereocenters. The zero-order valence-corrected chi connectivity index (χ0v) is 13.5. The minimum atomic E-state index is -1.03. The summed E-state index contributed by atoms with van der Waals surface area (Å²) in [6.45, 7) is 1.62. The van der Waals surface area contributed by atoms with Crippen LogP contribution < -0.4 is 4.74 Å². The van der Waals surface area contributed by atoms with Crippen molar-refractivity contribution in [3.63, 3.8) is 0 Å². The first-order valence-electron chi connectivity index (χ1n) is 7.91. The molecule has 124 valence electrons. The van der Waals surface area contributed by atoms with Crippen LogP contribution in [0.2, 0.25) is 0 Å². The number of carboxylic acids is 1. The van der Waals surface area contributed by atoms with E-state index in [2.05, 4.69) is 0 Å². The van der Waals surface area contributed by atoms with E-state index in [1.54, 1.807) is 12.1 Å². The molecule has 2 aromatic carbocycles. The summed E-state index contributed by atoms with van der Waals surface area (Å²) in [5.41, 5.74) is 2.43. The normalized spacial score (nSPS) is 13.8. The Morgan fingerprint density at radius 2 is 1.75 bits per heavy atom. The summed E-state index contributed by atoms with van der Waals surface area (Å²) in [5.74, 6) is -0.684. The van der Waals surface area contributed by atoms with Crippen LogP contribution in [0.3, 0.4) is 0 Å². The van der Waals surface area contributed by atoms with Crippen molar-refractivity contribution in [3.05, 3.63) is 53.6 Å². The zero-order chi connectivity index (χ0) is 17.1. The maximum absolute atomic E-state index is 12.5. The number of aromatic carboxylic acids is 1. The third-order valence-electron chi connectivity index (χ3n) is 4.27. The number of hydrogen-bond acceptors (Lipinski definition) is 3. The van der Waals surface area contributed by atoms with Crippen molar-refractivity contribution >= 4 is 11.9 Å². The molecule has 0 atom stereocenters. The highest BCUT2D eigenvalue weighted by atomic mass is 16.5. The standard InChI is InChI=1S/C19H19NO4/c1-24-17-12-14(7-8-16(17)19(22)23)13-5-4-6-15(11-13)18(21)20-9-2-3-10-20/h4-8,11-12H,2-3,9-10H2,1H3,(H,22,23). The fourth-order valence-electron chi connectivity index (χ4n) is 2.98. The highest BCUT2D eigenvalue weighted by Gasteiger charge is 2.20. The van der Waals surface area contributed by atoms with Gasteiger partial charge in [0, 0.05) is 18.7 Å². The topological polar surface area (TPSA) is 66.8 Å². The number of hydrogen-bond donors (Lipinski definition) is 1. The van der Waals surface area contributed by atoms with E-state index in [0.29, 0.717) is 11.3 Å². The number of methoxy groups -OCH3 is 1. The van der Waals surface area contributed by atoms with E-state index in [1.165, 1.54) is 13.2 Å². The molecule has 1 aliphatic heterocycles. The molecule has 0 bridgehead atoms. The van der Waals surface area contributed by atoms with Crippen LogP contribution in [0.1, 0.15) is 33.6 Å². The molecule has 2 aromatic rings. The van der Waals surface area contributed by atoms with Gasteiger partial charge in [-0.15, -0.1) is 0 Å². The Morgan fingerprint density at radius 3 is 2.42 bits per heavy atom. The maximum atomic E-state index is 12.5. The van der Waals surface area contributed by atoms with Crippen molar-refractivity contribution in [1.82, 2.24) is 4.90 Å². The second-order valence-electron chi connectivity index (χ2n) is 5.80. The molecule has 0 aliphatic carbocycles. The Bertz CT molecular complexity index is 779. The molecular weight excluding hydrogens is 306 g/mol. The van der Waals surface area contributed by atoms with Crippen LogP contribution in [0.25, 0.3) is 11.1 Å². The molecule has 1 aliphatic rings. The van der Waals surface area contributed by atoms with Crippen molar-refractivity contribution < 1.29 is 19.4 Å². The summed E-state index contributed by atoms with van der Waals surface area (Å²) in [7, 11) is 1.44. The predicted molar refractivity (Wildman–Crippen MR) is 90.5 cm³/mol. The molecule has 1 fully saturated rings. The first-order valence-corrected chi connectivity index (χ1v) is 7.91. The molecule has 0 radical (unpaired) electrons. The molecule has 5 nitrogen and oxygen atoms in total. The van der Waals surface area contributed by atoms with E-state index in [1.807, 2.05) is 29.2 Å². The Kier molecular flexibility index (Phi) is 4.51. The van der Waals surface area contributed by atoms with Gasteiger partial charge in [-0.05, 0) is 48.2 Å². The lowest BCUT2D eigenvalue weighted by molar-refractivity contribution is 0.0692. The number of nitrogens with zero attached hydrogens (tertiary/aromatic N) is 1. The number of amides is 1. The van der Waals surface area contributed by atoms with Gasteiger partial charge in [0.15, 0.2) is 0 Å². The molecule has 0 spiro atoms. The number of carbonyl (C=O) groups excluding carboxylic acids is 1. The Morgan fingerprint density at radius 1 is 1.04 bits per heavy atom. The minimum Gasteiger partial charge on any atom is -0.496 e. The van der Waals surface area contributed by atoms with Crippen LogP contribution in [0.15, 0.2) is 42.5 Å². The number of carbonyl (C=O) groups is 2. The number of carboxylic acid groups (broad SMARTS) is 1. The van der Waals surface area contributed by atoms with Gasteiger partial charge in [-0.1, -0.05) is 18.2 Å². The highest BCUT2D eigenvalue weighted by molar-refractivity contribution is 5.96. The van der Waals surface area contributed by atoms with Gasteiger partial charge in [-0.3, -0.25) is 4.79 Å². The van der Waals surface area contributed by atoms with E-state index in [0.717, 1.165) is 37.1 Å². The van der Waals surface area contributed by atoms with Crippen LogP contribution in [0, 0.1) is 0 Å². The van der Waals surface area contributed by atoms with Gasteiger partial charge in [-0.25, -0.2) is 4.79 Å². The van der Waals surface area contributed by atoms with Crippen molar-refractivity contribution in [2.75, 3.05) is 20.2 Å². The first kappa shape index (κ1) is 16.1. The molecule has 1 heterocycles. The quantitative estimate of drug-likeness (QED) is 0.936. The predicted octanol–water partition coefficient (Wildman–Crippen LogP) is 3.30. The average molecular weight is 325 g/mol. The van der Waals surface area contributed by atoms with Crippen LogP contribution in [0.4, 0.5) is 0 Å². The van der Waals surface area contributed by atoms with E-state index in [9.17, 15) is 9.59 Å². The fraction of sp³-hybridized carbons (Fsp3) is 0.263. The molecule has 1 saturated heterocycles. The largest absolute Gasteiger partial charge is 0.496 e. The van der Waals surface area contributed by atoms with Gasteiger partial charge >= 0.3 is 5.97 Å². The van der Waals surface area contributed by atoms with Crippen LogP contribution in [-0.4, -0.2) is 42.1 Å². The lowest BCUT2D eigenvalue weighted by Gasteiger charge is -2.16. The van der Waals surface area contributed by atoms with E-state index < -0.39 is 5.97 Å². The second-order valence-corrected chi connectivity index (χ2v) is 5.80. The number of ether oxygens (including phenoxy) is 1. The summed E-state index contributed by atoms with van der Waals surface area (Å²) in [6.07, 6.45) is 2.11. The van der Waals surface area contributed by atoms with E-state index in [4.69, 9.17) is 9.84 Å². The van der Waals surface area contributed by atoms with E-state index >= 15 is 0 Å². The third-order valence-corrected chi connectivity index (χ3v) is 4.27. The lowest BCUT2D eigenvalue weighted by atomic mass is 10.0. The molecule has 1 amide bonds. The monoisotopic (exact) mass is 325 g/mol. The molecule has 0 aromatic heterocycles. The highest BCUT2D eigenvalue weighted by Crippen LogP contribution is 2.28. The van der Waals surface area contributed by atoms with E-state index in [-0.39, 0.29) is 11.5 Å². The Balaban J connectivity index is 1.94. The Hall–Kier alpha value is -2.82. The average Bonchev–Trinajstić information content (AvgIpc) is 3.15. The maximum Gasteiger partial charge on any atom is 0.339 e. The molecule has 0 saturated carbocycles. The minimum absolute atomic E-state index is 0.0449. The van der Waals surface area contributed by atoms with Gasteiger partial charge < -0.3 is 14.7 Å². The summed E-state index contributed by atoms with van der Waals surface area (Å²) in [6, 6.07) is 12.3. The van der Waals surface area contributed by atoms with Gasteiger partial charge in [0.2, 0.25) is 0 Å². The first-order chi connectivity index (χ1) is 11.6. The summed E-state index contributed by atoms with van der Waals surface area (Å²) in [4.78, 5) is 25.6. The summed E-state index contributed by atoms with van der Waals surface area (Å²) in [5, 5.41) is 9.17. The van der Waals surface area contributed by atoms with Crippen LogP contribution in [-0.2, 0) is 0 Å². The summed E-state index contributed by atoms with van der Waals surface area (Å²) >= 11 is 0. The third kappa shape index (κ3) is 3.11. The molecule has 24 heavy (non-hydrogen) atoms. The van der Waals surface area contributed by atoms with Gasteiger partial charge in [-0.2, -0.15) is 0 Å². The summed E-state index contributed by atoms with van der Waals surface area (Å²) < 4.78 is 5.17. The SMILES string of the molecule is COc1cc(-c2cccc(C(=O)N3CCCC3)c2)ccc1C(=O)O. The Labute approximate surface area is 140 Å². The lowest BCUT2D eigenvalue weighted by Crippen LogP contribution is -2.27. The fourth-order valence-corrected chi connectivity index (χ4v) is 2.98. The second kappa shape index (κ2) is 6.74. The van der Waals surface area contributed by atoms with Crippen molar-refractivity contribution in [2.45, 2.75) is 12.8 Å². The van der Waals surface area contributed by atoms with Gasteiger partial charge in [0.05, 0.1) is 7.11 Å². The zero-order valence-electron chi connectivity index (χ0n) is 13.5. The molecular formula is C19H19NO4. The number of likely N-dealkylation sites (tertiary alicyclic amines) is 1. The van der Waals surface area contributed by atoms with Gasteiger partial charge in [0.1, 0.15) is 11.3 Å².